The van der Waals surface area contributed by atoms with Gasteiger partial charge in [0.1, 0.15) is 12.4 Å². The normalized spacial score (nSPS) is 19.5. The van der Waals surface area contributed by atoms with E-state index < -0.39 is 10.0 Å². The number of sulfonamides is 1. The number of hydrogen-bond donors (Lipinski definition) is 1. The van der Waals surface area contributed by atoms with Gasteiger partial charge in [0.2, 0.25) is 15.9 Å². The number of amides is 1. The first-order chi connectivity index (χ1) is 12.0. The van der Waals surface area contributed by atoms with Crippen molar-refractivity contribution in [3.8, 4) is 5.75 Å². The van der Waals surface area contributed by atoms with Crippen LogP contribution in [0.15, 0.2) is 23.1 Å². The highest BCUT2D eigenvalue weighted by Crippen LogP contribution is 2.34. The third-order valence-corrected chi connectivity index (χ3v) is 6.43. The standard InChI is InChI=1S/C18H26N2O4S/c1-14(21)20-11-12-24-18-13-16(9-10-17(18)20)25(22,23)19-15-7-5-3-2-4-6-8-15/h9-10,13,15,19H,2-8,11-12H2,1H3. The number of nitrogens with zero attached hydrogens (tertiary/aromatic N) is 1. The summed E-state index contributed by atoms with van der Waals surface area (Å²) in [6, 6.07) is 4.73. The van der Waals surface area contributed by atoms with Crippen LogP contribution in [0, 0.1) is 0 Å². The van der Waals surface area contributed by atoms with Crippen LogP contribution in [-0.4, -0.2) is 33.5 Å². The number of ether oxygens (including phenoxy) is 1. The Labute approximate surface area is 149 Å². The van der Waals surface area contributed by atoms with Gasteiger partial charge in [0.25, 0.3) is 0 Å². The molecule has 1 fully saturated rings. The summed E-state index contributed by atoms with van der Waals surface area (Å²) in [6.45, 7) is 2.34. The molecule has 138 valence electrons. The molecule has 1 aromatic carbocycles. The van der Waals surface area contributed by atoms with E-state index in [4.69, 9.17) is 4.74 Å². The van der Waals surface area contributed by atoms with Gasteiger partial charge in [-0.2, -0.15) is 0 Å². The predicted octanol–water partition coefficient (Wildman–Crippen LogP) is 2.82. The first-order valence-corrected chi connectivity index (χ1v) is 10.5. The van der Waals surface area contributed by atoms with Gasteiger partial charge in [-0.25, -0.2) is 13.1 Å². The molecule has 0 saturated heterocycles. The number of fused-ring (bicyclic) bond motifs is 1. The molecule has 25 heavy (non-hydrogen) atoms. The van der Waals surface area contributed by atoms with Gasteiger partial charge < -0.3 is 9.64 Å². The van der Waals surface area contributed by atoms with Gasteiger partial charge in [0.15, 0.2) is 0 Å². The maximum atomic E-state index is 12.8. The minimum Gasteiger partial charge on any atom is -0.489 e. The van der Waals surface area contributed by atoms with Crippen molar-refractivity contribution in [1.82, 2.24) is 4.72 Å². The molecule has 7 heteroatoms. The molecule has 1 amide bonds. The summed E-state index contributed by atoms with van der Waals surface area (Å²) >= 11 is 0. The molecular weight excluding hydrogens is 340 g/mol. The highest BCUT2D eigenvalue weighted by atomic mass is 32.2. The number of nitrogens with one attached hydrogen (secondary N) is 1. The zero-order valence-corrected chi connectivity index (χ0v) is 15.5. The Bertz CT molecular complexity index is 725. The lowest BCUT2D eigenvalue weighted by Crippen LogP contribution is -2.37. The number of anilines is 1. The van der Waals surface area contributed by atoms with Gasteiger partial charge in [-0.3, -0.25) is 4.79 Å². The molecule has 0 unspecified atom stereocenters. The molecule has 1 aliphatic carbocycles. The van der Waals surface area contributed by atoms with Crippen molar-refractivity contribution >= 4 is 21.6 Å². The van der Waals surface area contributed by atoms with E-state index in [9.17, 15) is 13.2 Å². The third kappa shape index (κ3) is 4.33. The Balaban J connectivity index is 1.79. The van der Waals surface area contributed by atoms with Crippen LogP contribution in [0.3, 0.4) is 0 Å². The van der Waals surface area contributed by atoms with Crippen molar-refractivity contribution in [2.24, 2.45) is 0 Å². The van der Waals surface area contributed by atoms with Gasteiger partial charge in [-0.1, -0.05) is 32.1 Å². The van der Waals surface area contributed by atoms with E-state index in [2.05, 4.69) is 4.72 Å². The fraction of sp³-hybridized carbons (Fsp3) is 0.611. The zero-order valence-electron chi connectivity index (χ0n) is 14.7. The quantitative estimate of drug-likeness (QED) is 0.892. The van der Waals surface area contributed by atoms with Crippen LogP contribution >= 0.6 is 0 Å². The van der Waals surface area contributed by atoms with Crippen molar-refractivity contribution in [3.63, 3.8) is 0 Å². The van der Waals surface area contributed by atoms with Crippen molar-refractivity contribution < 1.29 is 17.9 Å². The lowest BCUT2D eigenvalue weighted by atomic mass is 9.97. The maximum absolute atomic E-state index is 12.8. The van der Waals surface area contributed by atoms with Gasteiger partial charge in [0, 0.05) is 19.0 Å². The molecule has 3 rings (SSSR count). The summed E-state index contributed by atoms with van der Waals surface area (Å²) in [6.07, 6.45) is 7.49. The summed E-state index contributed by atoms with van der Waals surface area (Å²) < 4.78 is 33.9. The zero-order chi connectivity index (χ0) is 17.9. The Morgan fingerprint density at radius 2 is 1.84 bits per heavy atom. The van der Waals surface area contributed by atoms with E-state index in [-0.39, 0.29) is 16.8 Å². The van der Waals surface area contributed by atoms with Crippen LogP contribution in [0.25, 0.3) is 0 Å². The molecule has 1 aromatic rings. The lowest BCUT2D eigenvalue weighted by Gasteiger charge is -2.29. The number of hydrogen-bond acceptors (Lipinski definition) is 4. The van der Waals surface area contributed by atoms with E-state index in [1.165, 1.54) is 32.3 Å². The second-order valence-corrected chi connectivity index (χ2v) is 8.53. The summed E-state index contributed by atoms with van der Waals surface area (Å²) in [5, 5.41) is 0. The van der Waals surface area contributed by atoms with Crippen LogP contribution in [0.4, 0.5) is 5.69 Å². The summed E-state index contributed by atoms with van der Waals surface area (Å²) in [7, 11) is -3.59. The predicted molar refractivity (Wildman–Crippen MR) is 96.4 cm³/mol. The van der Waals surface area contributed by atoms with Gasteiger partial charge in [0.05, 0.1) is 17.1 Å². The Morgan fingerprint density at radius 3 is 2.52 bits per heavy atom. The second kappa shape index (κ2) is 7.74. The number of carbonyl (C=O) groups is 1. The fourth-order valence-electron chi connectivity index (χ4n) is 3.56. The highest BCUT2D eigenvalue weighted by Gasteiger charge is 2.26. The van der Waals surface area contributed by atoms with Crippen molar-refractivity contribution in [2.75, 3.05) is 18.1 Å². The Morgan fingerprint density at radius 1 is 1.16 bits per heavy atom. The molecule has 0 bridgehead atoms. The van der Waals surface area contributed by atoms with Gasteiger partial charge in [-0.05, 0) is 25.0 Å². The number of benzene rings is 1. The summed E-state index contributed by atoms with van der Waals surface area (Å²) in [5.74, 6) is 0.370. The Hall–Kier alpha value is -1.60. The van der Waals surface area contributed by atoms with Crippen LogP contribution in [-0.2, 0) is 14.8 Å². The van der Waals surface area contributed by atoms with Crippen LogP contribution in [0.1, 0.15) is 51.9 Å². The molecule has 0 aromatic heterocycles. The van der Waals surface area contributed by atoms with E-state index in [0.29, 0.717) is 24.6 Å². The summed E-state index contributed by atoms with van der Waals surface area (Å²) in [5.41, 5.74) is 0.628. The molecule has 2 aliphatic rings. The largest absolute Gasteiger partial charge is 0.489 e. The van der Waals surface area contributed by atoms with Crippen molar-refractivity contribution in [3.05, 3.63) is 18.2 Å². The molecule has 6 nitrogen and oxygen atoms in total. The topological polar surface area (TPSA) is 75.7 Å². The number of carbonyl (C=O) groups excluding carboxylic acids is 1. The first kappa shape index (κ1) is 18.2. The van der Waals surface area contributed by atoms with E-state index in [1.807, 2.05) is 0 Å². The molecule has 0 atom stereocenters. The molecule has 0 spiro atoms. The molecular formula is C18H26N2O4S. The van der Waals surface area contributed by atoms with E-state index in [0.717, 1.165) is 25.7 Å². The average Bonchev–Trinajstić information content (AvgIpc) is 2.56. The van der Waals surface area contributed by atoms with Crippen LogP contribution in [0.5, 0.6) is 5.75 Å². The van der Waals surface area contributed by atoms with Gasteiger partial charge >= 0.3 is 0 Å². The molecule has 0 radical (unpaired) electrons. The minimum atomic E-state index is -3.59. The molecule has 1 saturated carbocycles. The lowest BCUT2D eigenvalue weighted by molar-refractivity contribution is -0.116. The van der Waals surface area contributed by atoms with E-state index >= 15 is 0 Å². The monoisotopic (exact) mass is 366 g/mol. The Kier molecular flexibility index (Phi) is 5.64. The van der Waals surface area contributed by atoms with Crippen molar-refractivity contribution in [2.45, 2.75) is 62.8 Å². The van der Waals surface area contributed by atoms with Crippen LogP contribution < -0.4 is 14.4 Å². The average molecular weight is 366 g/mol. The van der Waals surface area contributed by atoms with Crippen LogP contribution in [0.2, 0.25) is 0 Å². The third-order valence-electron chi connectivity index (χ3n) is 4.91. The minimum absolute atomic E-state index is 0.00373. The SMILES string of the molecule is CC(=O)N1CCOc2cc(S(=O)(=O)NC3CCCCCCC3)ccc21. The number of rotatable bonds is 3. The van der Waals surface area contributed by atoms with Gasteiger partial charge in [-0.15, -0.1) is 0 Å². The first-order valence-electron chi connectivity index (χ1n) is 9.05. The molecule has 1 N–H and O–H groups in total. The maximum Gasteiger partial charge on any atom is 0.240 e. The van der Waals surface area contributed by atoms with Crippen molar-refractivity contribution in [1.29, 1.82) is 0 Å². The summed E-state index contributed by atoms with van der Waals surface area (Å²) in [4.78, 5) is 13.5. The van der Waals surface area contributed by atoms with E-state index in [1.54, 1.807) is 17.0 Å². The second-order valence-electron chi connectivity index (χ2n) is 6.81. The fourth-order valence-corrected chi connectivity index (χ4v) is 4.88. The smallest absolute Gasteiger partial charge is 0.240 e. The molecule has 1 aliphatic heterocycles. The molecule has 1 heterocycles. The highest BCUT2D eigenvalue weighted by molar-refractivity contribution is 7.89.